The van der Waals surface area contributed by atoms with E-state index in [-0.39, 0.29) is 9.79 Å². The number of hydrogen-bond donors (Lipinski definition) is 0. The van der Waals surface area contributed by atoms with Crippen LogP contribution in [0.5, 0.6) is 0 Å². The maximum Gasteiger partial charge on any atom is 0.286 e. The standard InChI is InChI=1S/C15H15ClO4S2/c1-10-8-11(2)15(12(3)9-10)22(19,20)21(17,18)14-6-4-13(16)5-7-14/h4-9H,1-3H3. The minimum atomic E-state index is -4.55. The van der Waals surface area contributed by atoms with Crippen LogP contribution >= 0.6 is 11.6 Å². The molecule has 0 N–H and O–H groups in total. The molecule has 0 saturated heterocycles. The first-order valence-electron chi connectivity index (χ1n) is 6.41. The van der Waals surface area contributed by atoms with E-state index >= 15 is 0 Å². The molecule has 2 rings (SSSR count). The summed E-state index contributed by atoms with van der Waals surface area (Å²) < 4.78 is 50.4. The van der Waals surface area contributed by atoms with Crippen molar-refractivity contribution >= 4 is 29.3 Å². The summed E-state index contributed by atoms with van der Waals surface area (Å²) in [6.07, 6.45) is 0. The molecule has 0 bridgehead atoms. The van der Waals surface area contributed by atoms with Gasteiger partial charge in [0.25, 0.3) is 17.7 Å². The first-order chi connectivity index (χ1) is 10.1. The molecule has 0 amide bonds. The Bertz CT molecular complexity index is 905. The molecule has 0 atom stereocenters. The molecule has 0 fully saturated rings. The lowest BCUT2D eigenvalue weighted by Crippen LogP contribution is -2.18. The molecule has 22 heavy (non-hydrogen) atoms. The highest BCUT2D eigenvalue weighted by Crippen LogP contribution is 2.30. The quantitative estimate of drug-likeness (QED) is 0.788. The highest BCUT2D eigenvalue weighted by molar-refractivity contribution is 8.67. The van der Waals surface area contributed by atoms with Crippen LogP contribution in [0.1, 0.15) is 16.7 Å². The van der Waals surface area contributed by atoms with E-state index < -0.39 is 17.7 Å². The second-order valence-electron chi connectivity index (χ2n) is 5.09. The highest BCUT2D eigenvalue weighted by Gasteiger charge is 2.36. The zero-order chi connectivity index (χ0) is 16.7. The van der Waals surface area contributed by atoms with Crippen LogP contribution in [0.15, 0.2) is 46.2 Å². The SMILES string of the molecule is Cc1cc(C)c(S(=O)(=O)S(=O)(=O)c2ccc(Cl)cc2)c(C)c1. The van der Waals surface area contributed by atoms with E-state index in [9.17, 15) is 16.8 Å². The summed E-state index contributed by atoms with van der Waals surface area (Å²) in [6.45, 7) is 5.00. The maximum absolute atomic E-state index is 12.7. The van der Waals surface area contributed by atoms with Gasteiger partial charge in [0.15, 0.2) is 0 Å². The second kappa shape index (κ2) is 5.68. The molecule has 2 aromatic carbocycles. The molecule has 0 aliphatic heterocycles. The van der Waals surface area contributed by atoms with Gasteiger partial charge < -0.3 is 0 Å². The van der Waals surface area contributed by atoms with E-state index in [1.165, 1.54) is 24.3 Å². The lowest BCUT2D eigenvalue weighted by atomic mass is 10.1. The fraction of sp³-hybridized carbons (Fsp3) is 0.200. The zero-order valence-corrected chi connectivity index (χ0v) is 14.7. The lowest BCUT2D eigenvalue weighted by Gasteiger charge is -2.12. The van der Waals surface area contributed by atoms with Gasteiger partial charge in [0, 0.05) is 5.02 Å². The van der Waals surface area contributed by atoms with Crippen molar-refractivity contribution < 1.29 is 16.8 Å². The summed E-state index contributed by atoms with van der Waals surface area (Å²) in [6, 6.07) is 8.37. The first-order valence-corrected chi connectivity index (χ1v) is 10.3. The zero-order valence-electron chi connectivity index (χ0n) is 12.3. The van der Waals surface area contributed by atoms with Gasteiger partial charge in [0.2, 0.25) is 0 Å². The second-order valence-corrected chi connectivity index (χ2v) is 10.9. The van der Waals surface area contributed by atoms with Crippen molar-refractivity contribution in [2.75, 3.05) is 0 Å². The molecule has 0 unspecified atom stereocenters. The van der Waals surface area contributed by atoms with Crippen LogP contribution in [0.25, 0.3) is 0 Å². The molecule has 0 spiro atoms. The Morgan fingerprint density at radius 3 is 1.68 bits per heavy atom. The number of aryl methyl sites for hydroxylation is 3. The van der Waals surface area contributed by atoms with Crippen LogP contribution in [0, 0.1) is 20.8 Å². The van der Waals surface area contributed by atoms with E-state index in [1.54, 1.807) is 26.0 Å². The maximum atomic E-state index is 12.7. The van der Waals surface area contributed by atoms with Crippen molar-refractivity contribution in [2.45, 2.75) is 30.6 Å². The Hall–Kier alpha value is -1.37. The van der Waals surface area contributed by atoms with E-state index in [1.807, 2.05) is 6.92 Å². The van der Waals surface area contributed by atoms with Crippen molar-refractivity contribution in [2.24, 2.45) is 0 Å². The van der Waals surface area contributed by atoms with E-state index in [0.29, 0.717) is 16.1 Å². The number of halogens is 1. The van der Waals surface area contributed by atoms with Crippen LogP contribution in [0.4, 0.5) is 0 Å². The molecule has 2 aromatic rings. The fourth-order valence-corrected chi connectivity index (χ4v) is 6.91. The Kier molecular flexibility index (Phi) is 4.39. The third-order valence-corrected chi connectivity index (χ3v) is 8.88. The van der Waals surface area contributed by atoms with Crippen molar-refractivity contribution in [3.05, 3.63) is 58.1 Å². The fourth-order valence-electron chi connectivity index (χ4n) is 2.40. The van der Waals surface area contributed by atoms with Crippen LogP contribution in [0.3, 0.4) is 0 Å². The first kappa shape index (κ1) is 17.0. The van der Waals surface area contributed by atoms with Gasteiger partial charge in [-0.3, -0.25) is 0 Å². The smallest absolute Gasteiger partial charge is 0.207 e. The summed E-state index contributed by atoms with van der Waals surface area (Å²) in [4.78, 5) is -0.454. The predicted molar refractivity (Wildman–Crippen MR) is 86.5 cm³/mol. The normalized spacial score (nSPS) is 12.4. The van der Waals surface area contributed by atoms with Crippen LogP contribution < -0.4 is 0 Å². The summed E-state index contributed by atoms with van der Waals surface area (Å²) in [5.41, 5.74) is 1.70. The molecule has 0 aliphatic rings. The molecular weight excluding hydrogens is 344 g/mol. The summed E-state index contributed by atoms with van der Waals surface area (Å²) in [7, 11) is -9.11. The van der Waals surface area contributed by atoms with E-state index in [4.69, 9.17) is 11.6 Å². The Morgan fingerprint density at radius 1 is 0.773 bits per heavy atom. The number of benzene rings is 2. The van der Waals surface area contributed by atoms with Gasteiger partial charge in [0.05, 0.1) is 9.79 Å². The molecule has 0 aliphatic carbocycles. The largest absolute Gasteiger partial charge is 0.286 e. The van der Waals surface area contributed by atoms with Gasteiger partial charge >= 0.3 is 0 Å². The highest BCUT2D eigenvalue weighted by atomic mass is 35.5. The minimum absolute atomic E-state index is 0.159. The van der Waals surface area contributed by atoms with E-state index in [2.05, 4.69) is 0 Å². The minimum Gasteiger partial charge on any atom is -0.207 e. The van der Waals surface area contributed by atoms with Gasteiger partial charge in [-0.2, -0.15) is 0 Å². The van der Waals surface area contributed by atoms with Crippen molar-refractivity contribution in [3.8, 4) is 0 Å². The molecule has 7 heteroatoms. The molecule has 4 nitrogen and oxygen atoms in total. The summed E-state index contributed by atoms with van der Waals surface area (Å²) in [5, 5.41) is 0.332. The van der Waals surface area contributed by atoms with Gasteiger partial charge in [-0.25, -0.2) is 16.8 Å². The predicted octanol–water partition coefficient (Wildman–Crippen LogP) is 3.43. The lowest BCUT2D eigenvalue weighted by molar-refractivity contribution is 0.582. The van der Waals surface area contributed by atoms with Crippen molar-refractivity contribution in [3.63, 3.8) is 0 Å². The van der Waals surface area contributed by atoms with Gasteiger partial charge in [-0.05, 0) is 56.2 Å². The van der Waals surface area contributed by atoms with E-state index in [0.717, 1.165) is 5.56 Å². The molecule has 0 radical (unpaired) electrons. The Labute approximate surface area is 135 Å². The van der Waals surface area contributed by atoms with Crippen LogP contribution in [-0.2, 0) is 17.7 Å². The monoisotopic (exact) mass is 358 g/mol. The third-order valence-electron chi connectivity index (χ3n) is 3.25. The average molecular weight is 359 g/mol. The molecule has 0 aromatic heterocycles. The summed E-state index contributed by atoms with van der Waals surface area (Å²) >= 11 is 5.72. The van der Waals surface area contributed by atoms with Crippen LogP contribution in [0.2, 0.25) is 5.02 Å². The number of rotatable bonds is 3. The topological polar surface area (TPSA) is 68.3 Å². The van der Waals surface area contributed by atoms with Crippen molar-refractivity contribution in [1.82, 2.24) is 0 Å². The van der Waals surface area contributed by atoms with Gasteiger partial charge in [-0.1, -0.05) is 29.3 Å². The molecule has 0 heterocycles. The number of hydrogen-bond acceptors (Lipinski definition) is 4. The van der Waals surface area contributed by atoms with Crippen molar-refractivity contribution in [1.29, 1.82) is 0 Å². The van der Waals surface area contributed by atoms with Crippen LogP contribution in [-0.4, -0.2) is 16.8 Å². The average Bonchev–Trinajstić information content (AvgIpc) is 2.37. The van der Waals surface area contributed by atoms with Gasteiger partial charge in [0.1, 0.15) is 0 Å². The molecule has 0 saturated carbocycles. The molecular formula is C15H15ClO4S2. The Balaban J connectivity index is 2.72. The third kappa shape index (κ3) is 2.78. The van der Waals surface area contributed by atoms with Gasteiger partial charge in [-0.15, -0.1) is 0 Å². The summed E-state index contributed by atoms with van der Waals surface area (Å²) in [5.74, 6) is 0. The molecule has 118 valence electrons. The Morgan fingerprint density at radius 2 is 1.23 bits per heavy atom.